The molecule has 0 N–H and O–H groups in total. The van der Waals surface area contributed by atoms with Crippen molar-refractivity contribution >= 4 is 45.5 Å². The molecule has 186 valence electrons. The predicted molar refractivity (Wildman–Crippen MR) is 151 cm³/mol. The number of hydrogen-bond donors (Lipinski definition) is 0. The van der Waals surface area contributed by atoms with Gasteiger partial charge in [0.1, 0.15) is 5.82 Å². The van der Waals surface area contributed by atoms with Crippen molar-refractivity contribution in [1.82, 2.24) is 14.1 Å². The Balaban J connectivity index is 1.43. The molecule has 0 unspecified atom stereocenters. The lowest BCUT2D eigenvalue weighted by atomic mass is 10.0. The van der Waals surface area contributed by atoms with E-state index in [0.29, 0.717) is 27.9 Å². The van der Waals surface area contributed by atoms with Crippen LogP contribution in [0.15, 0.2) is 109 Å². The third-order valence-electron chi connectivity index (χ3n) is 7.30. The molecule has 1 aliphatic carbocycles. The van der Waals surface area contributed by atoms with E-state index in [1.807, 2.05) is 78.3 Å². The molecular weight excluding hydrogens is 486 g/mol. The van der Waals surface area contributed by atoms with Crippen LogP contribution in [-0.2, 0) is 7.05 Å². The van der Waals surface area contributed by atoms with Crippen LogP contribution in [0.1, 0.15) is 36.9 Å². The highest BCUT2D eigenvalue weighted by atomic mass is 16.2. The van der Waals surface area contributed by atoms with Gasteiger partial charge in [0.2, 0.25) is 0 Å². The van der Waals surface area contributed by atoms with Gasteiger partial charge in [-0.2, -0.15) is 0 Å². The molecule has 0 radical (unpaired) electrons. The number of rotatable bonds is 3. The van der Waals surface area contributed by atoms with Crippen LogP contribution in [0.25, 0.3) is 39.3 Å². The van der Waals surface area contributed by atoms with Crippen molar-refractivity contribution in [3.8, 4) is 11.3 Å². The fraction of sp³-hybridized carbons (Fsp3) is 0.0303. The summed E-state index contributed by atoms with van der Waals surface area (Å²) in [5, 5.41) is 1.78. The number of ketones is 2. The average Bonchev–Trinajstić information content (AvgIpc) is 3.57. The molecule has 0 spiro atoms. The van der Waals surface area contributed by atoms with Crippen LogP contribution in [-0.4, -0.2) is 31.6 Å². The van der Waals surface area contributed by atoms with Crippen LogP contribution >= 0.6 is 0 Å². The molecule has 2 heterocycles. The third-order valence-corrected chi connectivity index (χ3v) is 7.30. The molecule has 1 aliphatic rings. The summed E-state index contributed by atoms with van der Waals surface area (Å²) in [6, 6.07) is 31.8. The Hall–Kier alpha value is -5.36. The van der Waals surface area contributed by atoms with Gasteiger partial charge in [0.05, 0.1) is 16.8 Å². The SMILES string of the molecule is Cn1c(-c2ccccc2)cc2c1nc(C=C1C(=O)c3cc4ccccc4cc3C1=O)n2C(=O)c1ccccc1. The molecule has 0 amide bonds. The first kappa shape index (κ1) is 22.8. The first-order valence-corrected chi connectivity index (χ1v) is 12.6. The number of imidazole rings is 1. The summed E-state index contributed by atoms with van der Waals surface area (Å²) in [6.45, 7) is 0. The summed E-state index contributed by atoms with van der Waals surface area (Å²) in [7, 11) is 1.89. The predicted octanol–water partition coefficient (Wildman–Crippen LogP) is 6.35. The van der Waals surface area contributed by atoms with Crippen LogP contribution in [0.4, 0.5) is 0 Å². The van der Waals surface area contributed by atoms with Gasteiger partial charge in [-0.25, -0.2) is 4.98 Å². The number of hydrogen-bond acceptors (Lipinski definition) is 4. The van der Waals surface area contributed by atoms with Crippen LogP contribution in [0.5, 0.6) is 0 Å². The van der Waals surface area contributed by atoms with E-state index in [1.165, 1.54) is 10.6 Å². The van der Waals surface area contributed by atoms with Gasteiger partial charge >= 0.3 is 0 Å². The van der Waals surface area contributed by atoms with E-state index in [2.05, 4.69) is 0 Å². The van der Waals surface area contributed by atoms with Gasteiger partial charge in [-0.15, -0.1) is 0 Å². The van der Waals surface area contributed by atoms with E-state index in [1.54, 1.807) is 36.4 Å². The minimum atomic E-state index is -0.364. The zero-order valence-electron chi connectivity index (χ0n) is 21.0. The number of Topliss-reactive ketones (excluding diaryl/α,β-unsaturated/α-hetero) is 2. The van der Waals surface area contributed by atoms with Gasteiger partial charge in [-0.05, 0) is 52.7 Å². The Bertz CT molecular complexity index is 1960. The molecule has 6 aromatic rings. The van der Waals surface area contributed by atoms with Crippen molar-refractivity contribution in [2.45, 2.75) is 0 Å². The third kappa shape index (κ3) is 3.49. The monoisotopic (exact) mass is 507 g/mol. The molecule has 2 aromatic heterocycles. The molecule has 39 heavy (non-hydrogen) atoms. The molecule has 6 nitrogen and oxygen atoms in total. The Labute approximate surface area is 223 Å². The lowest BCUT2D eigenvalue weighted by Gasteiger charge is -2.06. The second-order valence-corrected chi connectivity index (χ2v) is 9.60. The number of allylic oxidation sites excluding steroid dienone is 1. The molecule has 6 heteroatoms. The number of carbonyl (C=O) groups is 3. The maximum atomic E-state index is 13.8. The molecule has 0 fully saturated rings. The second-order valence-electron chi connectivity index (χ2n) is 9.60. The van der Waals surface area contributed by atoms with Gasteiger partial charge in [-0.3, -0.25) is 19.0 Å². The first-order valence-electron chi connectivity index (χ1n) is 12.6. The van der Waals surface area contributed by atoms with Crippen molar-refractivity contribution in [1.29, 1.82) is 0 Å². The lowest BCUT2D eigenvalue weighted by Crippen LogP contribution is -2.14. The smallest absolute Gasteiger partial charge is 0.264 e. The minimum absolute atomic E-state index is 0.000932. The number of aryl methyl sites for hydroxylation is 1. The maximum Gasteiger partial charge on any atom is 0.264 e. The number of fused-ring (bicyclic) bond motifs is 3. The molecule has 0 saturated heterocycles. The maximum absolute atomic E-state index is 13.8. The molecule has 0 saturated carbocycles. The van der Waals surface area contributed by atoms with E-state index < -0.39 is 0 Å². The van der Waals surface area contributed by atoms with Gasteiger partial charge in [0.25, 0.3) is 5.91 Å². The van der Waals surface area contributed by atoms with Crippen molar-refractivity contribution in [3.63, 3.8) is 0 Å². The zero-order valence-corrected chi connectivity index (χ0v) is 21.0. The van der Waals surface area contributed by atoms with E-state index in [9.17, 15) is 14.4 Å². The summed E-state index contributed by atoms with van der Waals surface area (Å²) in [4.78, 5) is 45.5. The van der Waals surface area contributed by atoms with Gasteiger partial charge in [0, 0.05) is 23.7 Å². The summed E-state index contributed by atoms with van der Waals surface area (Å²) < 4.78 is 3.41. The molecule has 4 aromatic carbocycles. The Morgan fingerprint density at radius 1 is 0.744 bits per heavy atom. The Morgan fingerprint density at radius 2 is 1.31 bits per heavy atom. The summed E-state index contributed by atoms with van der Waals surface area (Å²) in [5.41, 5.74) is 4.27. The lowest BCUT2D eigenvalue weighted by molar-refractivity contribution is 0.0957. The Morgan fingerprint density at radius 3 is 1.92 bits per heavy atom. The van der Waals surface area contributed by atoms with Crippen molar-refractivity contribution < 1.29 is 14.4 Å². The van der Waals surface area contributed by atoms with Gasteiger partial charge in [0.15, 0.2) is 17.2 Å². The quantitative estimate of drug-likeness (QED) is 0.207. The highest BCUT2D eigenvalue weighted by Gasteiger charge is 2.34. The van der Waals surface area contributed by atoms with Crippen molar-refractivity contribution in [2.75, 3.05) is 0 Å². The molecule has 0 aliphatic heterocycles. The second kappa shape index (κ2) is 8.60. The largest absolute Gasteiger partial charge is 0.327 e. The number of nitrogens with zero attached hydrogens (tertiary/aromatic N) is 3. The summed E-state index contributed by atoms with van der Waals surface area (Å²) in [5.74, 6) is -0.789. The Kier molecular flexibility index (Phi) is 5.03. The van der Waals surface area contributed by atoms with Crippen LogP contribution in [0, 0.1) is 0 Å². The first-order chi connectivity index (χ1) is 19.0. The topological polar surface area (TPSA) is 74.0 Å². The molecule has 7 rings (SSSR count). The normalized spacial score (nSPS) is 12.9. The average molecular weight is 508 g/mol. The highest BCUT2D eigenvalue weighted by Crippen LogP contribution is 2.33. The molecular formula is C33H21N3O3. The van der Waals surface area contributed by atoms with Gasteiger partial charge < -0.3 is 4.57 Å². The highest BCUT2D eigenvalue weighted by molar-refractivity contribution is 6.42. The van der Waals surface area contributed by atoms with E-state index in [-0.39, 0.29) is 28.9 Å². The summed E-state index contributed by atoms with van der Waals surface area (Å²) >= 11 is 0. The van der Waals surface area contributed by atoms with Crippen LogP contribution < -0.4 is 0 Å². The molecule has 0 bridgehead atoms. The fourth-order valence-electron chi connectivity index (χ4n) is 5.33. The molecule has 0 atom stereocenters. The van der Waals surface area contributed by atoms with Crippen LogP contribution in [0.3, 0.4) is 0 Å². The van der Waals surface area contributed by atoms with Crippen molar-refractivity contribution in [2.24, 2.45) is 7.05 Å². The minimum Gasteiger partial charge on any atom is -0.327 e. The number of benzene rings is 4. The standard InChI is InChI=1S/C33H21N3O3/c1-35-27(20-10-4-2-5-11-20)19-28-32(35)34-29(36(28)33(39)21-12-6-3-7-13-21)18-26-30(37)24-16-22-14-8-9-15-23(22)17-25(24)31(26)38/h2-19H,1H3. The van der Waals surface area contributed by atoms with E-state index >= 15 is 0 Å². The summed E-state index contributed by atoms with van der Waals surface area (Å²) in [6.07, 6.45) is 1.46. The number of aromatic nitrogens is 3. The van der Waals surface area contributed by atoms with E-state index in [0.717, 1.165) is 22.0 Å². The van der Waals surface area contributed by atoms with E-state index in [4.69, 9.17) is 4.98 Å². The fourth-order valence-corrected chi connectivity index (χ4v) is 5.33. The van der Waals surface area contributed by atoms with Gasteiger partial charge in [-0.1, -0.05) is 72.8 Å². The number of carbonyl (C=O) groups excluding carboxylic acids is 3. The zero-order chi connectivity index (χ0) is 26.7. The van der Waals surface area contributed by atoms with Crippen molar-refractivity contribution in [3.05, 3.63) is 131 Å². The van der Waals surface area contributed by atoms with Crippen LogP contribution in [0.2, 0.25) is 0 Å².